The molecule has 1 saturated heterocycles. The third-order valence-electron chi connectivity index (χ3n) is 3.72. The lowest BCUT2D eigenvalue weighted by Crippen LogP contribution is -2.31. The Kier molecular flexibility index (Phi) is 6.25. The van der Waals surface area contributed by atoms with Gasteiger partial charge in [-0.25, -0.2) is 13.1 Å². The summed E-state index contributed by atoms with van der Waals surface area (Å²) in [6, 6.07) is 6.03. The van der Waals surface area contributed by atoms with E-state index in [0.29, 0.717) is 25.1 Å². The van der Waals surface area contributed by atoms with Crippen LogP contribution in [0.1, 0.15) is 18.9 Å². The van der Waals surface area contributed by atoms with Gasteiger partial charge < -0.3 is 9.64 Å². The molecule has 0 unspecified atom stereocenters. The van der Waals surface area contributed by atoms with E-state index in [1.54, 1.807) is 19.1 Å². The van der Waals surface area contributed by atoms with Crippen LogP contribution in [-0.2, 0) is 26.0 Å². The molecule has 1 N–H and O–H groups in total. The summed E-state index contributed by atoms with van der Waals surface area (Å²) in [4.78, 5) is 13.8. The predicted molar refractivity (Wildman–Crippen MR) is 83.1 cm³/mol. The van der Waals surface area contributed by atoms with Crippen molar-refractivity contribution in [1.82, 2.24) is 9.62 Å². The number of nitrogens with one attached hydrogen (secondary N) is 1. The van der Waals surface area contributed by atoms with Gasteiger partial charge in [-0.3, -0.25) is 4.79 Å². The van der Waals surface area contributed by atoms with Crippen LogP contribution < -0.4 is 4.72 Å². The van der Waals surface area contributed by atoms with Gasteiger partial charge in [0, 0.05) is 19.6 Å². The molecule has 24 heavy (non-hydrogen) atoms. The number of hydrogen-bond donors (Lipinski definition) is 1. The predicted octanol–water partition coefficient (Wildman–Crippen LogP) is 1.37. The van der Waals surface area contributed by atoms with Crippen molar-refractivity contribution in [2.75, 3.05) is 19.6 Å². The summed E-state index contributed by atoms with van der Waals surface area (Å²) in [5, 5.41) is 0. The number of ether oxygens (including phenoxy) is 1. The molecule has 1 amide bonds. The second kappa shape index (κ2) is 8.00. The van der Waals surface area contributed by atoms with E-state index in [1.807, 2.05) is 0 Å². The standard InChI is InChI=1S/C15H20F2N2O4S/c1-2-18-24(21,22)13-5-3-11(4-6-13)9-14(20)19-8-7-12(10-19)23-15(16)17/h3-6,12,15,18H,2,7-10H2,1H3/t12-/m0/s1. The van der Waals surface area contributed by atoms with Crippen molar-refractivity contribution in [3.8, 4) is 0 Å². The Balaban J connectivity index is 1.93. The number of nitrogens with zero attached hydrogens (tertiary/aromatic N) is 1. The maximum absolute atomic E-state index is 12.2. The molecule has 1 aromatic carbocycles. The van der Waals surface area contributed by atoms with E-state index in [4.69, 9.17) is 0 Å². The number of carbonyl (C=O) groups excluding carboxylic acids is 1. The normalized spacial score (nSPS) is 18.3. The Morgan fingerprint density at radius 1 is 1.38 bits per heavy atom. The number of sulfonamides is 1. The second-order valence-electron chi connectivity index (χ2n) is 5.47. The zero-order valence-electron chi connectivity index (χ0n) is 13.2. The van der Waals surface area contributed by atoms with E-state index < -0.39 is 22.7 Å². The molecule has 1 aliphatic rings. The van der Waals surface area contributed by atoms with E-state index in [-0.39, 0.29) is 23.8 Å². The number of alkyl halides is 2. The fraction of sp³-hybridized carbons (Fsp3) is 0.533. The van der Waals surface area contributed by atoms with Crippen LogP contribution in [-0.4, -0.2) is 51.6 Å². The van der Waals surface area contributed by atoms with Crippen LogP contribution in [0, 0.1) is 0 Å². The zero-order chi connectivity index (χ0) is 17.7. The molecular formula is C15H20F2N2O4S. The van der Waals surface area contributed by atoms with Gasteiger partial charge in [0.05, 0.1) is 17.4 Å². The fourth-order valence-electron chi connectivity index (χ4n) is 2.56. The highest BCUT2D eigenvalue weighted by Gasteiger charge is 2.28. The molecule has 1 atom stereocenters. The molecule has 0 radical (unpaired) electrons. The highest BCUT2D eigenvalue weighted by atomic mass is 32.2. The Morgan fingerprint density at radius 2 is 2.04 bits per heavy atom. The topological polar surface area (TPSA) is 75.7 Å². The molecular weight excluding hydrogens is 342 g/mol. The maximum atomic E-state index is 12.2. The number of halogens is 2. The van der Waals surface area contributed by atoms with Crippen molar-refractivity contribution in [1.29, 1.82) is 0 Å². The number of rotatable bonds is 7. The first-order chi connectivity index (χ1) is 11.3. The molecule has 9 heteroatoms. The van der Waals surface area contributed by atoms with E-state index in [1.165, 1.54) is 17.0 Å². The van der Waals surface area contributed by atoms with Crippen LogP contribution in [0.5, 0.6) is 0 Å². The van der Waals surface area contributed by atoms with Crippen LogP contribution in [0.4, 0.5) is 8.78 Å². The van der Waals surface area contributed by atoms with Gasteiger partial charge in [0.25, 0.3) is 0 Å². The molecule has 6 nitrogen and oxygen atoms in total. The second-order valence-corrected chi connectivity index (χ2v) is 7.24. The van der Waals surface area contributed by atoms with E-state index in [9.17, 15) is 22.0 Å². The lowest BCUT2D eigenvalue weighted by molar-refractivity contribution is -0.160. The van der Waals surface area contributed by atoms with Gasteiger partial charge in [-0.1, -0.05) is 19.1 Å². The number of amides is 1. The molecule has 134 valence electrons. The van der Waals surface area contributed by atoms with Gasteiger partial charge >= 0.3 is 6.61 Å². The third-order valence-corrected chi connectivity index (χ3v) is 5.28. The lowest BCUT2D eigenvalue weighted by atomic mass is 10.1. The molecule has 0 aromatic heterocycles. The molecule has 1 fully saturated rings. The minimum Gasteiger partial charge on any atom is -0.340 e. The molecule has 1 aromatic rings. The largest absolute Gasteiger partial charge is 0.345 e. The van der Waals surface area contributed by atoms with Gasteiger partial charge in [0.1, 0.15) is 0 Å². The minimum atomic E-state index is -3.52. The first kappa shape index (κ1) is 18.8. The number of likely N-dealkylation sites (tertiary alicyclic amines) is 1. The van der Waals surface area contributed by atoms with Crippen LogP contribution in [0.2, 0.25) is 0 Å². The summed E-state index contributed by atoms with van der Waals surface area (Å²) in [6.07, 6.45) is -0.166. The molecule has 0 saturated carbocycles. The van der Waals surface area contributed by atoms with Gasteiger partial charge in [0.2, 0.25) is 15.9 Å². The van der Waals surface area contributed by atoms with Crippen molar-refractivity contribution in [2.24, 2.45) is 0 Å². The summed E-state index contributed by atoms with van der Waals surface area (Å²) < 4.78 is 54.8. The van der Waals surface area contributed by atoms with Crippen molar-refractivity contribution in [2.45, 2.75) is 37.4 Å². The van der Waals surface area contributed by atoms with Gasteiger partial charge in [-0.05, 0) is 24.1 Å². The molecule has 0 bridgehead atoms. The van der Waals surface area contributed by atoms with Crippen molar-refractivity contribution >= 4 is 15.9 Å². The van der Waals surface area contributed by atoms with Crippen molar-refractivity contribution in [3.63, 3.8) is 0 Å². The van der Waals surface area contributed by atoms with Crippen LogP contribution in [0.25, 0.3) is 0 Å². The Hall–Kier alpha value is -1.58. The van der Waals surface area contributed by atoms with E-state index in [2.05, 4.69) is 9.46 Å². The summed E-state index contributed by atoms with van der Waals surface area (Å²) in [5.74, 6) is -0.197. The summed E-state index contributed by atoms with van der Waals surface area (Å²) in [5.41, 5.74) is 0.661. The average molecular weight is 362 g/mol. The van der Waals surface area contributed by atoms with Gasteiger partial charge in [-0.2, -0.15) is 8.78 Å². The van der Waals surface area contributed by atoms with E-state index in [0.717, 1.165) is 0 Å². The van der Waals surface area contributed by atoms with Gasteiger partial charge in [0.15, 0.2) is 0 Å². The lowest BCUT2D eigenvalue weighted by Gasteiger charge is -2.16. The van der Waals surface area contributed by atoms with Crippen molar-refractivity contribution in [3.05, 3.63) is 29.8 Å². The maximum Gasteiger partial charge on any atom is 0.345 e. The fourth-order valence-corrected chi connectivity index (χ4v) is 3.60. The van der Waals surface area contributed by atoms with E-state index >= 15 is 0 Å². The summed E-state index contributed by atoms with van der Waals surface area (Å²) in [7, 11) is -3.52. The van der Waals surface area contributed by atoms with Gasteiger partial charge in [-0.15, -0.1) is 0 Å². The number of carbonyl (C=O) groups is 1. The highest BCUT2D eigenvalue weighted by molar-refractivity contribution is 7.89. The smallest absolute Gasteiger partial charge is 0.340 e. The molecule has 0 aliphatic carbocycles. The molecule has 2 rings (SSSR count). The van der Waals surface area contributed by atoms with Crippen LogP contribution in [0.3, 0.4) is 0 Å². The quantitative estimate of drug-likeness (QED) is 0.795. The molecule has 0 spiro atoms. The summed E-state index contributed by atoms with van der Waals surface area (Å²) in [6.45, 7) is -0.333. The van der Waals surface area contributed by atoms with Crippen LogP contribution >= 0.6 is 0 Å². The first-order valence-electron chi connectivity index (χ1n) is 7.62. The number of hydrogen-bond acceptors (Lipinski definition) is 4. The molecule has 1 aliphatic heterocycles. The average Bonchev–Trinajstić information content (AvgIpc) is 2.95. The SMILES string of the molecule is CCNS(=O)(=O)c1ccc(CC(=O)N2CC[C@H](OC(F)F)C2)cc1. The Morgan fingerprint density at radius 3 is 2.62 bits per heavy atom. The molecule has 1 heterocycles. The summed E-state index contributed by atoms with van der Waals surface area (Å²) >= 11 is 0. The van der Waals surface area contributed by atoms with Crippen molar-refractivity contribution < 1.29 is 26.7 Å². The van der Waals surface area contributed by atoms with Crippen LogP contribution in [0.15, 0.2) is 29.2 Å². The Bertz CT molecular complexity index is 665. The third kappa shape index (κ3) is 4.96. The zero-order valence-corrected chi connectivity index (χ0v) is 14.1. The number of benzene rings is 1. The highest BCUT2D eigenvalue weighted by Crippen LogP contribution is 2.17. The first-order valence-corrected chi connectivity index (χ1v) is 9.10. The minimum absolute atomic E-state index is 0.0862. The Labute approximate surface area is 139 Å². The monoisotopic (exact) mass is 362 g/mol.